The van der Waals surface area contributed by atoms with Crippen molar-refractivity contribution in [2.75, 3.05) is 45.8 Å². The number of hydrogen-bond donors (Lipinski definition) is 0. The molecule has 5 nitrogen and oxygen atoms in total. The van der Waals surface area contributed by atoms with Crippen molar-refractivity contribution in [2.24, 2.45) is 0 Å². The number of fused-ring (bicyclic) bond motifs is 1. The van der Waals surface area contributed by atoms with E-state index in [-0.39, 0.29) is 5.91 Å². The number of hydrogen-bond acceptors (Lipinski definition) is 4. The minimum Gasteiger partial charge on any atom is -0.337 e. The standard InChI is InChI=1S/C20H25ClN4O/c1-2-23-10-12-24(13-11-23)15-7-9-25(14-15)20(26)17-5-6-18(21)16-4-3-8-22-19(16)17/h3-6,8,15H,2,7,9-14H2,1H3. The highest BCUT2D eigenvalue weighted by Gasteiger charge is 2.32. The Morgan fingerprint density at radius 1 is 1.19 bits per heavy atom. The Balaban J connectivity index is 1.48. The van der Waals surface area contributed by atoms with Crippen LogP contribution in [0.15, 0.2) is 30.5 Å². The molecule has 26 heavy (non-hydrogen) atoms. The van der Waals surface area contributed by atoms with Crippen LogP contribution in [0.5, 0.6) is 0 Å². The van der Waals surface area contributed by atoms with E-state index in [0.29, 0.717) is 22.1 Å². The van der Waals surface area contributed by atoms with Crippen molar-refractivity contribution in [2.45, 2.75) is 19.4 Å². The van der Waals surface area contributed by atoms with Crippen LogP contribution in [-0.2, 0) is 0 Å². The number of piperazine rings is 1. The number of nitrogens with zero attached hydrogens (tertiary/aromatic N) is 4. The monoisotopic (exact) mass is 372 g/mol. The predicted molar refractivity (Wildman–Crippen MR) is 105 cm³/mol. The summed E-state index contributed by atoms with van der Waals surface area (Å²) in [6.45, 7) is 9.43. The first kappa shape index (κ1) is 17.7. The van der Waals surface area contributed by atoms with E-state index in [1.54, 1.807) is 12.3 Å². The largest absolute Gasteiger partial charge is 0.337 e. The van der Waals surface area contributed by atoms with E-state index in [9.17, 15) is 4.79 Å². The molecule has 0 saturated carbocycles. The molecular weight excluding hydrogens is 348 g/mol. The number of aromatic nitrogens is 1. The maximum Gasteiger partial charge on any atom is 0.256 e. The predicted octanol–water partition coefficient (Wildman–Crippen LogP) is 2.74. The zero-order valence-electron chi connectivity index (χ0n) is 15.2. The van der Waals surface area contributed by atoms with Crippen LogP contribution in [0.4, 0.5) is 0 Å². The Hall–Kier alpha value is -1.69. The zero-order valence-corrected chi connectivity index (χ0v) is 16.0. The van der Waals surface area contributed by atoms with Gasteiger partial charge in [-0.15, -0.1) is 0 Å². The molecule has 0 spiro atoms. The number of halogens is 1. The molecule has 2 aromatic rings. The summed E-state index contributed by atoms with van der Waals surface area (Å²) in [7, 11) is 0. The van der Waals surface area contributed by atoms with Crippen LogP contribution in [-0.4, -0.2) is 77.4 Å². The summed E-state index contributed by atoms with van der Waals surface area (Å²) >= 11 is 6.27. The Labute approximate surface area is 159 Å². The molecule has 1 atom stereocenters. The fourth-order valence-electron chi connectivity index (χ4n) is 4.15. The number of rotatable bonds is 3. The van der Waals surface area contributed by atoms with Crippen LogP contribution in [0.3, 0.4) is 0 Å². The smallest absolute Gasteiger partial charge is 0.256 e. The topological polar surface area (TPSA) is 39.7 Å². The van der Waals surface area contributed by atoms with E-state index >= 15 is 0 Å². The molecule has 0 N–H and O–H groups in total. The summed E-state index contributed by atoms with van der Waals surface area (Å²) in [6, 6.07) is 7.86. The Kier molecular flexibility index (Phi) is 5.11. The summed E-state index contributed by atoms with van der Waals surface area (Å²) in [5.74, 6) is 0.0695. The molecule has 138 valence electrons. The quantitative estimate of drug-likeness (QED) is 0.830. The molecule has 2 fully saturated rings. The van der Waals surface area contributed by atoms with Crippen LogP contribution < -0.4 is 0 Å². The Morgan fingerprint density at radius 2 is 2.00 bits per heavy atom. The number of carbonyl (C=O) groups is 1. The molecule has 1 aromatic heterocycles. The van der Waals surface area contributed by atoms with Crippen LogP contribution in [0.1, 0.15) is 23.7 Å². The Bertz CT molecular complexity index is 803. The summed E-state index contributed by atoms with van der Waals surface area (Å²) in [5.41, 5.74) is 1.35. The van der Waals surface area contributed by atoms with Crippen molar-refractivity contribution < 1.29 is 4.79 Å². The molecule has 2 aliphatic rings. The SMILES string of the molecule is CCN1CCN(C2CCN(C(=O)c3ccc(Cl)c4cccnc34)C2)CC1. The van der Waals surface area contributed by atoms with E-state index in [1.165, 1.54) is 0 Å². The molecule has 3 heterocycles. The third-order valence-electron chi connectivity index (χ3n) is 5.77. The van der Waals surface area contributed by atoms with Crippen LogP contribution in [0, 0.1) is 0 Å². The fraction of sp³-hybridized carbons (Fsp3) is 0.500. The molecule has 1 aromatic carbocycles. The fourth-order valence-corrected chi connectivity index (χ4v) is 4.37. The lowest BCUT2D eigenvalue weighted by molar-refractivity contribution is 0.0747. The summed E-state index contributed by atoms with van der Waals surface area (Å²) in [6.07, 6.45) is 2.77. The molecule has 0 radical (unpaired) electrons. The van der Waals surface area contributed by atoms with Gasteiger partial charge in [-0.2, -0.15) is 0 Å². The summed E-state index contributed by atoms with van der Waals surface area (Å²) in [5, 5.41) is 1.48. The zero-order chi connectivity index (χ0) is 18.1. The van der Waals surface area contributed by atoms with Gasteiger partial charge in [0.05, 0.1) is 16.1 Å². The second-order valence-electron chi connectivity index (χ2n) is 7.16. The van der Waals surface area contributed by atoms with E-state index in [4.69, 9.17) is 11.6 Å². The van der Waals surface area contributed by atoms with Gasteiger partial charge in [-0.3, -0.25) is 14.7 Å². The van der Waals surface area contributed by atoms with Gasteiger partial charge in [0, 0.05) is 56.9 Å². The molecule has 0 aliphatic carbocycles. The molecule has 2 saturated heterocycles. The van der Waals surface area contributed by atoms with Gasteiger partial charge < -0.3 is 9.80 Å². The summed E-state index contributed by atoms with van der Waals surface area (Å²) in [4.78, 5) is 24.5. The normalized spacial score (nSPS) is 22.2. The highest BCUT2D eigenvalue weighted by atomic mass is 35.5. The highest BCUT2D eigenvalue weighted by molar-refractivity contribution is 6.36. The molecule has 1 amide bonds. The summed E-state index contributed by atoms with van der Waals surface area (Å²) < 4.78 is 0. The average Bonchev–Trinajstić information content (AvgIpc) is 3.18. The van der Waals surface area contributed by atoms with Gasteiger partial charge in [0.25, 0.3) is 5.91 Å². The third kappa shape index (κ3) is 3.31. The Morgan fingerprint density at radius 3 is 2.77 bits per heavy atom. The van der Waals surface area contributed by atoms with Crippen molar-refractivity contribution in [3.8, 4) is 0 Å². The van der Waals surface area contributed by atoms with Crippen molar-refractivity contribution in [1.29, 1.82) is 0 Å². The van der Waals surface area contributed by atoms with E-state index < -0.39 is 0 Å². The maximum atomic E-state index is 13.1. The van der Waals surface area contributed by atoms with Crippen LogP contribution in [0.2, 0.25) is 5.02 Å². The third-order valence-corrected chi connectivity index (χ3v) is 6.10. The number of pyridine rings is 1. The first-order valence-corrected chi connectivity index (χ1v) is 9.84. The highest BCUT2D eigenvalue weighted by Crippen LogP contribution is 2.27. The van der Waals surface area contributed by atoms with Crippen molar-refractivity contribution in [3.63, 3.8) is 0 Å². The molecule has 4 rings (SSSR count). The molecular formula is C20H25ClN4O. The lowest BCUT2D eigenvalue weighted by Gasteiger charge is -2.37. The van der Waals surface area contributed by atoms with E-state index in [0.717, 1.165) is 57.6 Å². The first-order valence-electron chi connectivity index (χ1n) is 9.46. The molecule has 0 bridgehead atoms. The second kappa shape index (κ2) is 7.51. The lowest BCUT2D eigenvalue weighted by Crippen LogP contribution is -2.51. The second-order valence-corrected chi connectivity index (χ2v) is 7.57. The van der Waals surface area contributed by atoms with E-state index in [2.05, 4.69) is 21.7 Å². The minimum absolute atomic E-state index is 0.0695. The lowest BCUT2D eigenvalue weighted by atomic mass is 10.1. The average molecular weight is 373 g/mol. The van der Waals surface area contributed by atoms with Crippen LogP contribution in [0.25, 0.3) is 10.9 Å². The van der Waals surface area contributed by atoms with Gasteiger partial charge in [-0.25, -0.2) is 0 Å². The maximum absolute atomic E-state index is 13.1. The number of amides is 1. The number of likely N-dealkylation sites (tertiary alicyclic amines) is 1. The van der Waals surface area contributed by atoms with E-state index in [1.807, 2.05) is 23.1 Å². The van der Waals surface area contributed by atoms with Gasteiger partial charge in [0.15, 0.2) is 0 Å². The molecule has 6 heteroatoms. The van der Waals surface area contributed by atoms with Gasteiger partial charge in [-0.05, 0) is 37.2 Å². The van der Waals surface area contributed by atoms with Crippen molar-refractivity contribution in [3.05, 3.63) is 41.0 Å². The molecule has 1 unspecified atom stereocenters. The number of likely N-dealkylation sites (N-methyl/N-ethyl adjacent to an activating group) is 1. The number of carbonyl (C=O) groups excluding carboxylic acids is 1. The van der Waals surface area contributed by atoms with Gasteiger partial charge in [-0.1, -0.05) is 18.5 Å². The van der Waals surface area contributed by atoms with Crippen molar-refractivity contribution >= 4 is 28.4 Å². The van der Waals surface area contributed by atoms with Gasteiger partial charge in [0.2, 0.25) is 0 Å². The van der Waals surface area contributed by atoms with Gasteiger partial charge >= 0.3 is 0 Å². The minimum atomic E-state index is 0.0695. The number of benzene rings is 1. The van der Waals surface area contributed by atoms with Gasteiger partial charge in [0.1, 0.15) is 0 Å². The first-order chi connectivity index (χ1) is 12.7. The molecule has 2 aliphatic heterocycles. The van der Waals surface area contributed by atoms with Crippen molar-refractivity contribution in [1.82, 2.24) is 19.7 Å². The van der Waals surface area contributed by atoms with Crippen LogP contribution >= 0.6 is 11.6 Å².